The molecule has 3 rings (SSSR count). The van der Waals surface area contributed by atoms with E-state index in [-0.39, 0.29) is 10.7 Å². The summed E-state index contributed by atoms with van der Waals surface area (Å²) in [5.41, 5.74) is 1.40. The topological polar surface area (TPSA) is 108 Å². The summed E-state index contributed by atoms with van der Waals surface area (Å²) in [6.07, 6.45) is 2.53. The molecule has 0 bridgehead atoms. The van der Waals surface area contributed by atoms with Crippen LogP contribution >= 0.6 is 0 Å². The number of unbranched alkanes of at least 4 members (excludes halogenated alkanes) is 1. The number of para-hydroxylation sites is 1. The molecular weight excluding hydrogens is 380 g/mol. The minimum Gasteiger partial charge on any atom is -0.460 e. The molecule has 3 N–H and O–H groups in total. The predicted octanol–water partition coefficient (Wildman–Crippen LogP) is 3.05. The Hall–Kier alpha value is -2.68. The largest absolute Gasteiger partial charge is 0.460 e. The lowest BCUT2D eigenvalue weighted by molar-refractivity contribution is -0.0570. The maximum Gasteiger partial charge on any atom is 0.238 e. The SMILES string of the molecule is CCCCOC1Oc2ccccc2C(=O)/C1=C\Nc1ccc(S(N)(=O)=O)cc1. The molecule has 0 saturated heterocycles. The molecule has 0 fully saturated rings. The van der Waals surface area contributed by atoms with Crippen LogP contribution < -0.4 is 15.2 Å². The lowest BCUT2D eigenvalue weighted by Crippen LogP contribution is -2.33. The van der Waals surface area contributed by atoms with Crippen molar-refractivity contribution in [3.8, 4) is 5.75 Å². The van der Waals surface area contributed by atoms with E-state index in [2.05, 4.69) is 12.2 Å². The fourth-order valence-corrected chi connectivity index (χ4v) is 3.21. The molecule has 8 heteroatoms. The quantitative estimate of drug-likeness (QED) is 0.544. The lowest BCUT2D eigenvalue weighted by atomic mass is 10.00. The second-order valence-electron chi connectivity index (χ2n) is 6.31. The molecule has 0 aromatic heterocycles. The van der Waals surface area contributed by atoms with Gasteiger partial charge in [0.15, 0.2) is 5.78 Å². The fraction of sp³-hybridized carbons (Fsp3) is 0.250. The van der Waals surface area contributed by atoms with Crippen molar-refractivity contribution in [1.82, 2.24) is 0 Å². The minimum absolute atomic E-state index is 0.0116. The Bertz CT molecular complexity index is 984. The molecule has 28 heavy (non-hydrogen) atoms. The molecule has 0 amide bonds. The average molecular weight is 402 g/mol. The van der Waals surface area contributed by atoms with Gasteiger partial charge in [0, 0.05) is 11.9 Å². The first-order valence-corrected chi connectivity index (χ1v) is 10.5. The molecule has 2 aromatic rings. The molecule has 1 unspecified atom stereocenters. The fourth-order valence-electron chi connectivity index (χ4n) is 2.69. The molecule has 1 atom stereocenters. The molecule has 0 radical (unpaired) electrons. The van der Waals surface area contributed by atoms with Gasteiger partial charge >= 0.3 is 0 Å². The molecule has 1 aliphatic heterocycles. The molecule has 0 saturated carbocycles. The van der Waals surface area contributed by atoms with Crippen molar-refractivity contribution < 1.29 is 22.7 Å². The molecule has 148 valence electrons. The number of primary sulfonamides is 1. The number of carbonyl (C=O) groups is 1. The number of ether oxygens (including phenoxy) is 2. The van der Waals surface area contributed by atoms with E-state index in [1.54, 1.807) is 36.4 Å². The van der Waals surface area contributed by atoms with Gasteiger partial charge in [0.1, 0.15) is 5.75 Å². The Balaban J connectivity index is 1.84. The number of sulfonamides is 1. The summed E-state index contributed by atoms with van der Waals surface area (Å²) in [6.45, 7) is 2.52. The van der Waals surface area contributed by atoms with Gasteiger partial charge in [-0.2, -0.15) is 0 Å². The van der Waals surface area contributed by atoms with Crippen molar-refractivity contribution in [1.29, 1.82) is 0 Å². The molecule has 2 aromatic carbocycles. The molecule has 1 aliphatic rings. The summed E-state index contributed by atoms with van der Waals surface area (Å²) in [7, 11) is -3.76. The summed E-state index contributed by atoms with van der Waals surface area (Å²) in [5.74, 6) is 0.306. The van der Waals surface area contributed by atoms with Crippen LogP contribution in [0.2, 0.25) is 0 Å². The number of anilines is 1. The number of ketones is 1. The smallest absolute Gasteiger partial charge is 0.238 e. The summed E-state index contributed by atoms with van der Waals surface area (Å²) in [4.78, 5) is 12.9. The minimum atomic E-state index is -3.76. The molecule has 7 nitrogen and oxygen atoms in total. The normalized spacial score (nSPS) is 17.9. The summed E-state index contributed by atoms with van der Waals surface area (Å²) in [6, 6.07) is 12.9. The van der Waals surface area contributed by atoms with Crippen LogP contribution in [0.15, 0.2) is 65.2 Å². The van der Waals surface area contributed by atoms with E-state index in [9.17, 15) is 13.2 Å². The van der Waals surface area contributed by atoms with Gasteiger partial charge in [0.05, 0.1) is 22.6 Å². The Morgan fingerprint density at radius 1 is 1.18 bits per heavy atom. The Morgan fingerprint density at radius 3 is 2.57 bits per heavy atom. The Kier molecular flexibility index (Phi) is 6.13. The zero-order valence-electron chi connectivity index (χ0n) is 15.4. The molecule has 0 aliphatic carbocycles. The van der Waals surface area contributed by atoms with Gasteiger partial charge in [-0.25, -0.2) is 13.6 Å². The van der Waals surface area contributed by atoms with Crippen LogP contribution in [0.25, 0.3) is 0 Å². The van der Waals surface area contributed by atoms with Gasteiger partial charge in [-0.05, 0) is 42.8 Å². The monoisotopic (exact) mass is 402 g/mol. The van der Waals surface area contributed by atoms with E-state index >= 15 is 0 Å². The van der Waals surface area contributed by atoms with Crippen LogP contribution in [0.4, 0.5) is 5.69 Å². The lowest BCUT2D eigenvalue weighted by Gasteiger charge is -2.27. The first kappa shape index (κ1) is 20.1. The zero-order chi connectivity index (χ0) is 20.1. The zero-order valence-corrected chi connectivity index (χ0v) is 16.2. The highest BCUT2D eigenvalue weighted by Gasteiger charge is 2.32. The van der Waals surface area contributed by atoms with Crippen LogP contribution in [0.5, 0.6) is 5.75 Å². The maximum atomic E-state index is 12.9. The van der Waals surface area contributed by atoms with E-state index in [0.717, 1.165) is 12.8 Å². The van der Waals surface area contributed by atoms with E-state index in [0.29, 0.717) is 29.2 Å². The van der Waals surface area contributed by atoms with E-state index in [1.807, 2.05) is 0 Å². The van der Waals surface area contributed by atoms with E-state index < -0.39 is 16.3 Å². The number of Topliss-reactive ketones (excluding diaryl/α,β-unsaturated/α-hetero) is 1. The number of benzene rings is 2. The highest BCUT2D eigenvalue weighted by molar-refractivity contribution is 7.89. The highest BCUT2D eigenvalue weighted by atomic mass is 32.2. The Morgan fingerprint density at radius 2 is 1.89 bits per heavy atom. The standard InChI is InChI=1S/C20H22N2O5S/c1-2-3-12-26-20-17(19(23)16-6-4-5-7-18(16)27-20)13-22-14-8-10-15(11-9-14)28(21,24)25/h4-11,13,20,22H,2-3,12H2,1H3,(H2,21,24,25)/b17-13+. The van der Waals surface area contributed by atoms with Crippen LogP contribution in [0.1, 0.15) is 30.1 Å². The summed E-state index contributed by atoms with van der Waals surface area (Å²) in [5, 5.41) is 8.10. The summed E-state index contributed by atoms with van der Waals surface area (Å²) >= 11 is 0. The van der Waals surface area contributed by atoms with Crippen LogP contribution in [-0.2, 0) is 14.8 Å². The van der Waals surface area contributed by atoms with Gasteiger partial charge < -0.3 is 14.8 Å². The van der Waals surface area contributed by atoms with Crippen molar-refractivity contribution in [2.24, 2.45) is 5.14 Å². The van der Waals surface area contributed by atoms with Gasteiger partial charge in [-0.15, -0.1) is 0 Å². The third kappa shape index (κ3) is 4.59. The first-order valence-electron chi connectivity index (χ1n) is 8.91. The predicted molar refractivity (Wildman–Crippen MR) is 106 cm³/mol. The molecule has 1 heterocycles. The van der Waals surface area contributed by atoms with Crippen molar-refractivity contribution in [3.63, 3.8) is 0 Å². The van der Waals surface area contributed by atoms with Crippen molar-refractivity contribution >= 4 is 21.5 Å². The van der Waals surface area contributed by atoms with Crippen LogP contribution in [0.3, 0.4) is 0 Å². The van der Waals surface area contributed by atoms with E-state index in [4.69, 9.17) is 14.6 Å². The van der Waals surface area contributed by atoms with Crippen LogP contribution in [-0.4, -0.2) is 27.1 Å². The van der Waals surface area contributed by atoms with Crippen molar-refractivity contribution in [2.45, 2.75) is 31.0 Å². The number of rotatable bonds is 7. The number of fused-ring (bicyclic) bond motifs is 1. The molecule has 0 spiro atoms. The van der Waals surface area contributed by atoms with Gasteiger partial charge in [-0.1, -0.05) is 25.5 Å². The number of nitrogens with two attached hydrogens (primary N) is 1. The first-order chi connectivity index (χ1) is 13.4. The van der Waals surface area contributed by atoms with Crippen molar-refractivity contribution in [3.05, 3.63) is 65.9 Å². The third-order valence-corrected chi connectivity index (χ3v) is 5.16. The second kappa shape index (κ2) is 8.55. The second-order valence-corrected chi connectivity index (χ2v) is 7.87. The summed E-state index contributed by atoms with van der Waals surface area (Å²) < 4.78 is 34.3. The van der Waals surface area contributed by atoms with Gasteiger partial charge in [-0.3, -0.25) is 4.79 Å². The van der Waals surface area contributed by atoms with Gasteiger partial charge in [0.25, 0.3) is 0 Å². The third-order valence-electron chi connectivity index (χ3n) is 4.23. The number of nitrogens with one attached hydrogen (secondary N) is 1. The molecular formula is C20H22N2O5S. The maximum absolute atomic E-state index is 12.9. The van der Waals surface area contributed by atoms with E-state index in [1.165, 1.54) is 18.3 Å². The average Bonchev–Trinajstić information content (AvgIpc) is 2.67. The van der Waals surface area contributed by atoms with Crippen LogP contribution in [0, 0.1) is 0 Å². The number of hydrogen-bond acceptors (Lipinski definition) is 6. The van der Waals surface area contributed by atoms with Gasteiger partial charge in [0.2, 0.25) is 16.3 Å². The highest BCUT2D eigenvalue weighted by Crippen LogP contribution is 2.31. The number of hydrogen-bond donors (Lipinski definition) is 2. The Labute approximate surface area is 164 Å². The number of carbonyl (C=O) groups excluding carboxylic acids is 1. The van der Waals surface area contributed by atoms with Crippen molar-refractivity contribution in [2.75, 3.05) is 11.9 Å².